The second kappa shape index (κ2) is 8.84. The molecule has 0 spiro atoms. The molecule has 0 aliphatic carbocycles. The van der Waals surface area contributed by atoms with Crippen molar-refractivity contribution in [2.45, 2.75) is 17.7 Å². The average molecular weight is 382 g/mol. The molecule has 0 saturated carbocycles. The molecule has 2 rings (SSSR count). The monoisotopic (exact) mass is 381 g/mol. The van der Waals surface area contributed by atoms with Crippen molar-refractivity contribution in [2.24, 2.45) is 5.14 Å². The van der Waals surface area contributed by atoms with Gasteiger partial charge in [0.1, 0.15) is 0 Å². The van der Waals surface area contributed by atoms with Crippen LogP contribution in [0.2, 0.25) is 5.02 Å². The fourth-order valence-electron chi connectivity index (χ4n) is 2.20. The molecule has 0 unspecified atom stereocenters. The normalized spacial score (nSPS) is 11.1. The van der Waals surface area contributed by atoms with Crippen LogP contribution >= 0.6 is 11.6 Å². The van der Waals surface area contributed by atoms with Gasteiger partial charge in [-0.15, -0.1) is 0 Å². The average Bonchev–Trinajstić information content (AvgIpc) is 2.56. The van der Waals surface area contributed by atoms with Gasteiger partial charge >= 0.3 is 0 Å². The van der Waals surface area contributed by atoms with E-state index in [4.69, 9.17) is 16.7 Å². The minimum atomic E-state index is -3.68. The van der Waals surface area contributed by atoms with E-state index in [9.17, 15) is 13.2 Å². The molecular weight excluding hydrogens is 362 g/mol. The van der Waals surface area contributed by atoms with E-state index in [2.05, 4.69) is 10.6 Å². The van der Waals surface area contributed by atoms with Gasteiger partial charge in [-0.2, -0.15) is 0 Å². The molecule has 8 heteroatoms. The van der Waals surface area contributed by atoms with Gasteiger partial charge in [-0.05, 0) is 36.2 Å². The van der Waals surface area contributed by atoms with E-state index in [1.807, 2.05) is 18.2 Å². The Morgan fingerprint density at radius 1 is 1.04 bits per heavy atom. The SMILES string of the molecule is NS(=O)(=O)c1ccc(CCNC(=O)CCNc2ccccc2Cl)cc1. The number of amides is 1. The van der Waals surface area contributed by atoms with E-state index in [1.54, 1.807) is 18.2 Å². The highest BCUT2D eigenvalue weighted by Gasteiger charge is 2.07. The Kier molecular flexibility index (Phi) is 6.81. The van der Waals surface area contributed by atoms with Crippen LogP contribution in [0, 0.1) is 0 Å². The molecule has 1 amide bonds. The van der Waals surface area contributed by atoms with Crippen LogP contribution < -0.4 is 15.8 Å². The van der Waals surface area contributed by atoms with E-state index in [0.717, 1.165) is 11.3 Å². The van der Waals surface area contributed by atoms with E-state index >= 15 is 0 Å². The lowest BCUT2D eigenvalue weighted by Gasteiger charge is -2.09. The number of rotatable bonds is 8. The summed E-state index contributed by atoms with van der Waals surface area (Å²) in [6.07, 6.45) is 0.935. The Morgan fingerprint density at radius 2 is 1.72 bits per heavy atom. The zero-order chi connectivity index (χ0) is 18.3. The maximum Gasteiger partial charge on any atom is 0.238 e. The number of primary sulfonamides is 1. The highest BCUT2D eigenvalue weighted by Crippen LogP contribution is 2.20. The van der Waals surface area contributed by atoms with Gasteiger partial charge in [-0.3, -0.25) is 4.79 Å². The summed E-state index contributed by atoms with van der Waals surface area (Å²) in [5.41, 5.74) is 1.72. The predicted octanol–water partition coefficient (Wildman–Crippen LogP) is 2.15. The first-order chi connectivity index (χ1) is 11.9. The lowest BCUT2D eigenvalue weighted by molar-refractivity contribution is -0.120. The molecule has 0 aliphatic rings. The summed E-state index contributed by atoms with van der Waals surface area (Å²) in [6.45, 7) is 0.957. The van der Waals surface area contributed by atoms with E-state index in [0.29, 0.717) is 31.0 Å². The minimum absolute atomic E-state index is 0.0688. The number of sulfonamides is 1. The number of hydrogen-bond acceptors (Lipinski definition) is 4. The van der Waals surface area contributed by atoms with E-state index in [1.165, 1.54) is 12.1 Å². The predicted molar refractivity (Wildman–Crippen MR) is 99.1 cm³/mol. The highest BCUT2D eigenvalue weighted by atomic mass is 35.5. The van der Waals surface area contributed by atoms with Crippen LogP contribution in [0.1, 0.15) is 12.0 Å². The summed E-state index contributed by atoms with van der Waals surface area (Å²) < 4.78 is 22.4. The Labute approximate surface area is 152 Å². The topological polar surface area (TPSA) is 101 Å². The summed E-state index contributed by atoms with van der Waals surface area (Å²) in [6, 6.07) is 13.6. The van der Waals surface area contributed by atoms with Crippen molar-refractivity contribution in [1.82, 2.24) is 5.32 Å². The van der Waals surface area contributed by atoms with Gasteiger partial charge in [0.25, 0.3) is 0 Å². The Morgan fingerprint density at radius 3 is 2.36 bits per heavy atom. The fourth-order valence-corrected chi connectivity index (χ4v) is 2.91. The summed E-state index contributed by atoms with van der Waals surface area (Å²) in [5.74, 6) is -0.0688. The summed E-state index contributed by atoms with van der Waals surface area (Å²) in [5, 5.41) is 11.6. The summed E-state index contributed by atoms with van der Waals surface area (Å²) in [4.78, 5) is 11.9. The van der Waals surface area contributed by atoms with Crippen LogP contribution in [0.5, 0.6) is 0 Å². The maximum absolute atomic E-state index is 11.8. The number of benzene rings is 2. The molecule has 0 saturated heterocycles. The molecule has 0 heterocycles. The van der Waals surface area contributed by atoms with Crippen molar-refractivity contribution < 1.29 is 13.2 Å². The third-order valence-corrected chi connectivity index (χ3v) is 4.79. The van der Waals surface area contributed by atoms with Crippen molar-refractivity contribution in [3.05, 3.63) is 59.1 Å². The molecule has 134 valence electrons. The number of carbonyl (C=O) groups is 1. The zero-order valence-corrected chi connectivity index (χ0v) is 15.1. The molecule has 0 atom stereocenters. The zero-order valence-electron chi connectivity index (χ0n) is 13.5. The molecule has 0 bridgehead atoms. The van der Waals surface area contributed by atoms with Gasteiger partial charge in [0.05, 0.1) is 15.6 Å². The number of para-hydroxylation sites is 1. The van der Waals surface area contributed by atoms with Crippen molar-refractivity contribution in [3.63, 3.8) is 0 Å². The fraction of sp³-hybridized carbons (Fsp3) is 0.235. The number of anilines is 1. The molecule has 0 aliphatic heterocycles. The smallest absolute Gasteiger partial charge is 0.238 e. The molecule has 0 fully saturated rings. The molecule has 2 aromatic carbocycles. The van der Waals surface area contributed by atoms with Gasteiger partial charge in [0.15, 0.2) is 0 Å². The molecule has 2 aromatic rings. The Bertz CT molecular complexity index is 823. The van der Waals surface area contributed by atoms with Crippen molar-refractivity contribution in [1.29, 1.82) is 0 Å². The summed E-state index contributed by atoms with van der Waals surface area (Å²) >= 11 is 6.02. The van der Waals surface area contributed by atoms with Crippen molar-refractivity contribution in [2.75, 3.05) is 18.4 Å². The number of carbonyl (C=O) groups excluding carboxylic acids is 1. The first-order valence-electron chi connectivity index (χ1n) is 7.73. The van der Waals surface area contributed by atoms with E-state index < -0.39 is 10.0 Å². The molecule has 4 N–H and O–H groups in total. The van der Waals surface area contributed by atoms with Crippen LogP contribution in [-0.4, -0.2) is 27.4 Å². The van der Waals surface area contributed by atoms with Crippen LogP contribution in [0.4, 0.5) is 5.69 Å². The number of halogens is 1. The van der Waals surface area contributed by atoms with E-state index in [-0.39, 0.29) is 10.8 Å². The lowest BCUT2D eigenvalue weighted by Crippen LogP contribution is -2.27. The maximum atomic E-state index is 11.8. The van der Waals surface area contributed by atoms with Gasteiger partial charge in [-0.25, -0.2) is 13.6 Å². The second-order valence-corrected chi connectivity index (χ2v) is 7.41. The second-order valence-electron chi connectivity index (χ2n) is 5.45. The van der Waals surface area contributed by atoms with Crippen molar-refractivity contribution >= 4 is 33.2 Å². The standard InChI is InChI=1S/C17H20ClN3O3S/c18-15-3-1-2-4-16(15)20-12-10-17(22)21-11-9-13-5-7-14(8-6-13)25(19,23)24/h1-8,20H,9-12H2,(H,21,22)(H2,19,23,24). The van der Waals surface area contributed by atoms with Gasteiger partial charge < -0.3 is 10.6 Å². The first kappa shape index (κ1) is 19.2. The third-order valence-electron chi connectivity index (χ3n) is 3.53. The quantitative estimate of drug-likeness (QED) is 0.652. The molecule has 6 nitrogen and oxygen atoms in total. The van der Waals surface area contributed by atoms with Gasteiger partial charge in [0.2, 0.25) is 15.9 Å². The first-order valence-corrected chi connectivity index (χ1v) is 9.65. The van der Waals surface area contributed by atoms with Gasteiger partial charge in [-0.1, -0.05) is 35.9 Å². The number of nitrogens with two attached hydrogens (primary N) is 1. The molecule has 0 aromatic heterocycles. The van der Waals surface area contributed by atoms with Crippen LogP contribution in [0.25, 0.3) is 0 Å². The van der Waals surface area contributed by atoms with Crippen LogP contribution in [0.15, 0.2) is 53.4 Å². The summed E-state index contributed by atoms with van der Waals surface area (Å²) in [7, 11) is -3.68. The highest BCUT2D eigenvalue weighted by molar-refractivity contribution is 7.89. The molecule has 25 heavy (non-hydrogen) atoms. The minimum Gasteiger partial charge on any atom is -0.383 e. The van der Waals surface area contributed by atoms with Crippen LogP contribution in [0.3, 0.4) is 0 Å². The van der Waals surface area contributed by atoms with Crippen molar-refractivity contribution in [3.8, 4) is 0 Å². The largest absolute Gasteiger partial charge is 0.383 e. The lowest BCUT2D eigenvalue weighted by atomic mass is 10.1. The molecular formula is C17H20ClN3O3S. The number of hydrogen-bond donors (Lipinski definition) is 3. The molecule has 0 radical (unpaired) electrons. The van der Waals surface area contributed by atoms with Gasteiger partial charge in [0, 0.05) is 19.5 Å². The van der Waals surface area contributed by atoms with Crippen LogP contribution in [-0.2, 0) is 21.2 Å². The Balaban J connectivity index is 1.69. The number of nitrogens with one attached hydrogen (secondary N) is 2. The third kappa shape index (κ3) is 6.38. The Hall–Kier alpha value is -2.09.